The largest absolute Gasteiger partial charge is 0.392 e. The highest BCUT2D eigenvalue weighted by atomic mass is 32.1. The van der Waals surface area contributed by atoms with Crippen LogP contribution in [0.1, 0.15) is 33.1 Å². The van der Waals surface area contributed by atoms with Gasteiger partial charge >= 0.3 is 0 Å². The number of carbonyl (C=O) groups is 1. The topological polar surface area (TPSA) is 49.6 Å². The Kier molecular flexibility index (Phi) is 4.16. The molecule has 108 valence electrons. The monoisotopic (exact) mass is 283 g/mol. The van der Waals surface area contributed by atoms with Gasteiger partial charge in [0, 0.05) is 25.7 Å². The van der Waals surface area contributed by atoms with Crippen molar-refractivity contribution in [3.8, 4) is 0 Å². The maximum Gasteiger partial charge on any atom is 0.235 e. The maximum atomic E-state index is 12.8. The molecule has 1 saturated heterocycles. The van der Waals surface area contributed by atoms with Crippen molar-refractivity contribution >= 4 is 23.1 Å². The molecule has 2 aliphatic rings. The van der Waals surface area contributed by atoms with Crippen LogP contribution in [0.25, 0.3) is 0 Å². The Morgan fingerprint density at radius 2 is 2.05 bits per heavy atom. The van der Waals surface area contributed by atoms with E-state index in [4.69, 9.17) is 18.0 Å². The number of hydrogen-bond donors (Lipinski definition) is 1. The molecule has 5 heteroatoms. The van der Waals surface area contributed by atoms with Crippen molar-refractivity contribution in [3.05, 3.63) is 0 Å². The van der Waals surface area contributed by atoms with Crippen LogP contribution < -0.4 is 5.73 Å². The van der Waals surface area contributed by atoms with Crippen LogP contribution >= 0.6 is 12.2 Å². The van der Waals surface area contributed by atoms with Crippen molar-refractivity contribution in [2.45, 2.75) is 39.2 Å². The lowest BCUT2D eigenvalue weighted by Crippen LogP contribution is -2.61. The normalized spacial score (nSPS) is 35.8. The first-order valence-corrected chi connectivity index (χ1v) is 7.61. The van der Waals surface area contributed by atoms with Crippen molar-refractivity contribution in [1.82, 2.24) is 9.80 Å². The molecule has 0 aromatic rings. The van der Waals surface area contributed by atoms with Crippen molar-refractivity contribution in [1.29, 1.82) is 0 Å². The van der Waals surface area contributed by atoms with Gasteiger partial charge in [-0.15, -0.1) is 0 Å². The third kappa shape index (κ3) is 2.50. The van der Waals surface area contributed by atoms with E-state index in [9.17, 15) is 4.79 Å². The van der Waals surface area contributed by atoms with Gasteiger partial charge in [0.1, 0.15) is 0 Å². The summed E-state index contributed by atoms with van der Waals surface area (Å²) in [5.41, 5.74) is 5.33. The molecule has 0 radical (unpaired) electrons. The third-order valence-electron chi connectivity index (χ3n) is 4.81. The van der Waals surface area contributed by atoms with E-state index in [-0.39, 0.29) is 5.91 Å². The molecule has 1 unspecified atom stereocenters. The quantitative estimate of drug-likeness (QED) is 0.792. The van der Waals surface area contributed by atoms with E-state index in [0.717, 1.165) is 38.9 Å². The zero-order valence-electron chi connectivity index (χ0n) is 12.2. The van der Waals surface area contributed by atoms with Gasteiger partial charge in [0.15, 0.2) is 0 Å². The second kappa shape index (κ2) is 5.37. The fourth-order valence-electron chi connectivity index (χ4n) is 3.49. The minimum absolute atomic E-state index is 0.171. The number of nitrogens with zero attached hydrogens (tertiary/aromatic N) is 2. The molecule has 19 heavy (non-hydrogen) atoms. The molecule has 0 spiro atoms. The molecule has 1 aliphatic heterocycles. The molecule has 2 rings (SSSR count). The van der Waals surface area contributed by atoms with Crippen LogP contribution in [-0.2, 0) is 4.79 Å². The van der Waals surface area contributed by atoms with Crippen LogP contribution in [0.2, 0.25) is 0 Å². The van der Waals surface area contributed by atoms with Gasteiger partial charge in [0.2, 0.25) is 5.91 Å². The third-order valence-corrected chi connectivity index (χ3v) is 5.20. The zero-order chi connectivity index (χ0) is 14.2. The molecule has 2 N–H and O–H groups in total. The van der Waals surface area contributed by atoms with Gasteiger partial charge in [-0.1, -0.05) is 26.1 Å². The Bertz CT molecular complexity index is 379. The summed E-state index contributed by atoms with van der Waals surface area (Å²) in [4.78, 5) is 17.5. The molecular weight excluding hydrogens is 258 g/mol. The molecule has 1 saturated carbocycles. The number of rotatable bonds is 3. The number of hydrogen-bond acceptors (Lipinski definition) is 3. The van der Waals surface area contributed by atoms with Gasteiger partial charge in [0.25, 0.3) is 0 Å². The van der Waals surface area contributed by atoms with Crippen LogP contribution in [0, 0.1) is 11.3 Å². The Hall–Kier alpha value is -0.680. The fourth-order valence-corrected chi connectivity index (χ4v) is 3.74. The average Bonchev–Trinajstić information content (AvgIpc) is 2.34. The molecule has 1 atom stereocenters. The van der Waals surface area contributed by atoms with E-state index < -0.39 is 5.41 Å². The number of nitrogens with two attached hydrogens (primary N) is 1. The first-order chi connectivity index (χ1) is 8.90. The zero-order valence-corrected chi connectivity index (χ0v) is 13.0. The molecule has 0 aromatic carbocycles. The second-order valence-electron chi connectivity index (χ2n) is 6.25. The maximum absolute atomic E-state index is 12.8. The summed E-state index contributed by atoms with van der Waals surface area (Å²) in [6, 6.07) is 0.457. The van der Waals surface area contributed by atoms with Crippen LogP contribution in [-0.4, -0.2) is 53.4 Å². The van der Waals surface area contributed by atoms with Gasteiger partial charge in [0.05, 0.1) is 10.4 Å². The number of carbonyl (C=O) groups excluding carboxylic acids is 1. The highest BCUT2D eigenvalue weighted by Gasteiger charge is 2.52. The van der Waals surface area contributed by atoms with E-state index in [0.29, 0.717) is 16.9 Å². The first kappa shape index (κ1) is 14.7. The summed E-state index contributed by atoms with van der Waals surface area (Å²) in [6.45, 7) is 6.87. The number of piperazine rings is 1. The molecule has 0 aromatic heterocycles. The van der Waals surface area contributed by atoms with Crippen LogP contribution in [0.3, 0.4) is 0 Å². The summed E-state index contributed by atoms with van der Waals surface area (Å²) in [6.07, 6.45) is 2.71. The highest BCUT2D eigenvalue weighted by molar-refractivity contribution is 7.80. The number of thiocarbonyl (C=S) groups is 1. The Balaban J connectivity index is 2.09. The summed E-state index contributed by atoms with van der Waals surface area (Å²) < 4.78 is 0. The van der Waals surface area contributed by atoms with E-state index in [2.05, 4.69) is 25.8 Å². The highest BCUT2D eigenvalue weighted by Crippen LogP contribution is 2.47. The van der Waals surface area contributed by atoms with Gasteiger partial charge in [-0.05, 0) is 32.2 Å². The minimum atomic E-state index is -0.539. The lowest BCUT2D eigenvalue weighted by Gasteiger charge is -2.49. The van der Waals surface area contributed by atoms with Crippen molar-refractivity contribution in [2.75, 3.05) is 26.7 Å². The summed E-state index contributed by atoms with van der Waals surface area (Å²) in [5.74, 6) is 0.726. The smallest absolute Gasteiger partial charge is 0.235 e. The number of likely N-dealkylation sites (N-methyl/N-ethyl adjacent to an activating group) is 1. The lowest BCUT2D eigenvalue weighted by atomic mass is 9.61. The van der Waals surface area contributed by atoms with Crippen LogP contribution in [0.15, 0.2) is 0 Å². The molecule has 1 heterocycles. The Labute approximate surface area is 121 Å². The van der Waals surface area contributed by atoms with Crippen molar-refractivity contribution in [3.63, 3.8) is 0 Å². The van der Waals surface area contributed by atoms with E-state index >= 15 is 0 Å². The standard InChI is InChI=1S/C14H25N3OS/c1-4-11-9-17(6-5-16(11)3)13(18)14(12(15)19)7-10(2)8-14/h10-11H,4-9H2,1-3H3,(H2,15,19). The molecule has 1 amide bonds. The number of amides is 1. The molecule has 1 aliphatic carbocycles. The second-order valence-corrected chi connectivity index (χ2v) is 6.69. The summed E-state index contributed by atoms with van der Waals surface area (Å²) >= 11 is 5.18. The first-order valence-electron chi connectivity index (χ1n) is 7.20. The van der Waals surface area contributed by atoms with Gasteiger partial charge in [-0.3, -0.25) is 9.69 Å². The van der Waals surface area contributed by atoms with Crippen molar-refractivity contribution in [2.24, 2.45) is 17.1 Å². The van der Waals surface area contributed by atoms with E-state index in [1.54, 1.807) is 0 Å². The molecule has 2 fully saturated rings. The van der Waals surface area contributed by atoms with Gasteiger partial charge in [-0.2, -0.15) is 0 Å². The lowest BCUT2D eigenvalue weighted by molar-refractivity contribution is -0.147. The van der Waals surface area contributed by atoms with Gasteiger partial charge in [-0.25, -0.2) is 0 Å². The molecule has 4 nitrogen and oxygen atoms in total. The van der Waals surface area contributed by atoms with Crippen LogP contribution in [0.4, 0.5) is 0 Å². The summed E-state index contributed by atoms with van der Waals surface area (Å²) in [5, 5.41) is 0. The Morgan fingerprint density at radius 1 is 1.42 bits per heavy atom. The summed E-state index contributed by atoms with van der Waals surface area (Å²) in [7, 11) is 2.13. The van der Waals surface area contributed by atoms with Crippen molar-refractivity contribution < 1.29 is 4.79 Å². The van der Waals surface area contributed by atoms with E-state index in [1.165, 1.54) is 0 Å². The molecular formula is C14H25N3OS. The van der Waals surface area contributed by atoms with E-state index in [1.807, 2.05) is 4.90 Å². The average molecular weight is 283 g/mol. The Morgan fingerprint density at radius 3 is 2.53 bits per heavy atom. The molecule has 0 bridgehead atoms. The fraction of sp³-hybridized carbons (Fsp3) is 0.857. The van der Waals surface area contributed by atoms with Crippen LogP contribution in [0.5, 0.6) is 0 Å². The van der Waals surface area contributed by atoms with Gasteiger partial charge < -0.3 is 10.6 Å². The predicted octanol–water partition coefficient (Wildman–Crippen LogP) is 1.24. The minimum Gasteiger partial charge on any atom is -0.392 e. The SMILES string of the molecule is CCC1CN(C(=O)C2(C(N)=S)CC(C)C2)CCN1C. The predicted molar refractivity (Wildman–Crippen MR) is 80.9 cm³/mol.